The van der Waals surface area contributed by atoms with Crippen LogP contribution < -0.4 is 5.32 Å². The minimum absolute atomic E-state index is 0.210. The molecule has 1 heterocycles. The van der Waals surface area contributed by atoms with E-state index in [1.807, 2.05) is 4.90 Å². The summed E-state index contributed by atoms with van der Waals surface area (Å²) in [7, 11) is 0. The van der Waals surface area contributed by atoms with Crippen LogP contribution in [0.15, 0.2) is 18.2 Å². The van der Waals surface area contributed by atoms with Crippen molar-refractivity contribution in [2.75, 3.05) is 13.1 Å². The highest BCUT2D eigenvalue weighted by molar-refractivity contribution is 5.73. The van der Waals surface area contributed by atoms with Gasteiger partial charge < -0.3 is 10.2 Å². The zero-order valence-corrected chi connectivity index (χ0v) is 13.8. The summed E-state index contributed by atoms with van der Waals surface area (Å²) in [4.78, 5) is 13.5. The Balaban J connectivity index is 1.94. The van der Waals surface area contributed by atoms with Crippen molar-refractivity contribution in [3.05, 3.63) is 34.9 Å². The van der Waals surface area contributed by atoms with Crippen molar-refractivity contribution in [2.24, 2.45) is 5.92 Å². The second-order valence-corrected chi connectivity index (χ2v) is 6.34. The fourth-order valence-electron chi connectivity index (χ4n) is 3.29. The molecule has 0 saturated carbocycles. The number of carbonyl (C=O) groups is 1. The highest BCUT2D eigenvalue weighted by Gasteiger charge is 2.28. The number of hydrogen-bond acceptors (Lipinski definition) is 2. The molecule has 2 atom stereocenters. The lowest BCUT2D eigenvalue weighted by Crippen LogP contribution is -2.50. The van der Waals surface area contributed by atoms with Crippen molar-refractivity contribution in [1.82, 2.24) is 10.2 Å². The third-order valence-electron chi connectivity index (χ3n) is 4.76. The molecule has 3 nitrogen and oxygen atoms in total. The number of likely N-dealkylation sites (tertiary alicyclic amines) is 1. The van der Waals surface area contributed by atoms with Crippen LogP contribution in [0, 0.1) is 19.8 Å². The molecule has 3 heteroatoms. The highest BCUT2D eigenvalue weighted by atomic mass is 16.2. The van der Waals surface area contributed by atoms with Gasteiger partial charge in [-0.05, 0) is 37.3 Å². The van der Waals surface area contributed by atoms with Crippen LogP contribution in [-0.2, 0) is 11.3 Å². The first-order valence-electron chi connectivity index (χ1n) is 8.06. The molecule has 1 fully saturated rings. The number of rotatable bonds is 4. The first-order chi connectivity index (χ1) is 10.0. The maximum absolute atomic E-state index is 11.5. The minimum atomic E-state index is 0.210. The van der Waals surface area contributed by atoms with Crippen LogP contribution in [0.1, 0.15) is 43.4 Å². The lowest BCUT2D eigenvalue weighted by atomic mass is 9.89. The molecule has 1 aliphatic heterocycles. The highest BCUT2D eigenvalue weighted by Crippen LogP contribution is 2.21. The van der Waals surface area contributed by atoms with Gasteiger partial charge in [0.25, 0.3) is 0 Å². The number of nitrogens with one attached hydrogen (secondary N) is 1. The van der Waals surface area contributed by atoms with E-state index in [1.165, 1.54) is 16.7 Å². The molecule has 0 radical (unpaired) electrons. The zero-order chi connectivity index (χ0) is 15.4. The van der Waals surface area contributed by atoms with E-state index in [0.29, 0.717) is 12.0 Å². The average Bonchev–Trinajstić information content (AvgIpc) is 2.46. The summed E-state index contributed by atoms with van der Waals surface area (Å²) in [6.45, 7) is 10.9. The summed E-state index contributed by atoms with van der Waals surface area (Å²) < 4.78 is 0. The molecule has 0 spiro atoms. The molecule has 1 N–H and O–H groups in total. The lowest BCUT2D eigenvalue weighted by Gasteiger charge is -2.38. The second kappa shape index (κ2) is 7.08. The standard InChI is InChI=1S/C18H28N2O/c1-5-16-12-20(15(4)21)9-8-18(16)19-11-17-7-6-13(2)10-14(17)3/h6-7,10,16,18-19H,5,8-9,11-12H2,1-4H3/t16-,18+/m1/s1. The number of piperidine rings is 1. The van der Waals surface area contributed by atoms with Gasteiger partial charge in [0.05, 0.1) is 0 Å². The number of aryl methyl sites for hydroxylation is 2. The fraction of sp³-hybridized carbons (Fsp3) is 0.611. The van der Waals surface area contributed by atoms with Gasteiger partial charge in [-0.15, -0.1) is 0 Å². The Hall–Kier alpha value is -1.35. The summed E-state index contributed by atoms with van der Waals surface area (Å²) in [6.07, 6.45) is 2.18. The van der Waals surface area contributed by atoms with Crippen LogP contribution in [0.5, 0.6) is 0 Å². The molecule has 0 aliphatic carbocycles. The first-order valence-corrected chi connectivity index (χ1v) is 8.06. The topological polar surface area (TPSA) is 32.3 Å². The predicted octanol–water partition coefficient (Wildman–Crippen LogP) is 3.04. The normalized spacial score (nSPS) is 22.4. The van der Waals surface area contributed by atoms with Gasteiger partial charge in [0.15, 0.2) is 0 Å². The Kier molecular flexibility index (Phi) is 5.40. The van der Waals surface area contributed by atoms with Crippen LogP contribution in [0.2, 0.25) is 0 Å². The van der Waals surface area contributed by atoms with E-state index in [0.717, 1.165) is 32.5 Å². The van der Waals surface area contributed by atoms with Gasteiger partial charge in [-0.2, -0.15) is 0 Å². The largest absolute Gasteiger partial charge is 0.343 e. The van der Waals surface area contributed by atoms with Crippen LogP contribution in [0.3, 0.4) is 0 Å². The molecular weight excluding hydrogens is 260 g/mol. The van der Waals surface area contributed by atoms with E-state index in [-0.39, 0.29) is 5.91 Å². The van der Waals surface area contributed by atoms with Gasteiger partial charge in [0, 0.05) is 32.6 Å². The van der Waals surface area contributed by atoms with Crippen molar-refractivity contribution >= 4 is 5.91 Å². The Morgan fingerprint density at radius 2 is 2.14 bits per heavy atom. The van der Waals surface area contributed by atoms with Crippen molar-refractivity contribution < 1.29 is 4.79 Å². The summed E-state index contributed by atoms with van der Waals surface area (Å²) in [5, 5.41) is 3.72. The number of benzene rings is 1. The summed E-state index contributed by atoms with van der Waals surface area (Å²) >= 11 is 0. The molecule has 21 heavy (non-hydrogen) atoms. The van der Waals surface area contributed by atoms with Crippen molar-refractivity contribution in [3.63, 3.8) is 0 Å². The number of carbonyl (C=O) groups excluding carboxylic acids is 1. The Morgan fingerprint density at radius 1 is 1.38 bits per heavy atom. The third-order valence-corrected chi connectivity index (χ3v) is 4.76. The zero-order valence-electron chi connectivity index (χ0n) is 13.8. The molecule has 116 valence electrons. The van der Waals surface area contributed by atoms with Gasteiger partial charge in [-0.25, -0.2) is 0 Å². The SMILES string of the molecule is CC[C@@H]1CN(C(C)=O)CC[C@@H]1NCc1ccc(C)cc1C. The summed E-state index contributed by atoms with van der Waals surface area (Å²) in [5.41, 5.74) is 4.05. The van der Waals surface area contributed by atoms with Gasteiger partial charge in [0.1, 0.15) is 0 Å². The predicted molar refractivity (Wildman–Crippen MR) is 87.2 cm³/mol. The van der Waals surface area contributed by atoms with Crippen LogP contribution >= 0.6 is 0 Å². The van der Waals surface area contributed by atoms with Gasteiger partial charge in [-0.1, -0.05) is 37.1 Å². The number of hydrogen-bond donors (Lipinski definition) is 1. The van der Waals surface area contributed by atoms with Crippen LogP contribution in [0.25, 0.3) is 0 Å². The van der Waals surface area contributed by atoms with E-state index < -0.39 is 0 Å². The lowest BCUT2D eigenvalue weighted by molar-refractivity contribution is -0.131. The van der Waals surface area contributed by atoms with Crippen LogP contribution in [-0.4, -0.2) is 29.9 Å². The van der Waals surface area contributed by atoms with Crippen LogP contribution in [0.4, 0.5) is 0 Å². The van der Waals surface area contributed by atoms with E-state index in [1.54, 1.807) is 6.92 Å². The number of nitrogens with zero attached hydrogens (tertiary/aromatic N) is 1. The van der Waals surface area contributed by atoms with Crippen molar-refractivity contribution in [2.45, 2.75) is 53.1 Å². The fourth-order valence-corrected chi connectivity index (χ4v) is 3.29. The Labute approximate surface area is 128 Å². The molecule has 0 unspecified atom stereocenters. The summed E-state index contributed by atoms with van der Waals surface area (Å²) in [5.74, 6) is 0.773. The first kappa shape index (κ1) is 16.0. The molecule has 0 bridgehead atoms. The van der Waals surface area contributed by atoms with E-state index >= 15 is 0 Å². The third kappa shape index (κ3) is 4.07. The molecule has 1 aromatic carbocycles. The Bertz CT molecular complexity index is 498. The maximum Gasteiger partial charge on any atom is 0.219 e. The molecule has 1 amide bonds. The maximum atomic E-state index is 11.5. The molecule has 1 aromatic rings. The summed E-state index contributed by atoms with van der Waals surface area (Å²) in [6, 6.07) is 7.17. The molecule has 2 rings (SSSR count). The van der Waals surface area contributed by atoms with Crippen molar-refractivity contribution in [1.29, 1.82) is 0 Å². The van der Waals surface area contributed by atoms with Crippen molar-refractivity contribution in [3.8, 4) is 0 Å². The molecule has 1 saturated heterocycles. The van der Waals surface area contributed by atoms with E-state index in [2.05, 4.69) is 44.3 Å². The van der Waals surface area contributed by atoms with E-state index in [4.69, 9.17) is 0 Å². The van der Waals surface area contributed by atoms with E-state index in [9.17, 15) is 4.79 Å². The minimum Gasteiger partial charge on any atom is -0.343 e. The molecule has 1 aliphatic rings. The Morgan fingerprint density at radius 3 is 2.76 bits per heavy atom. The number of amides is 1. The van der Waals surface area contributed by atoms with Gasteiger partial charge >= 0.3 is 0 Å². The average molecular weight is 288 g/mol. The molecular formula is C18H28N2O. The molecule has 0 aromatic heterocycles. The quantitative estimate of drug-likeness (QED) is 0.923. The monoisotopic (exact) mass is 288 g/mol. The van der Waals surface area contributed by atoms with Gasteiger partial charge in [-0.3, -0.25) is 4.79 Å². The van der Waals surface area contributed by atoms with Gasteiger partial charge in [0.2, 0.25) is 5.91 Å². The smallest absolute Gasteiger partial charge is 0.219 e. The second-order valence-electron chi connectivity index (χ2n) is 6.34.